The summed E-state index contributed by atoms with van der Waals surface area (Å²) in [4.78, 5) is 0. The van der Waals surface area contributed by atoms with E-state index in [9.17, 15) is 4.39 Å². The summed E-state index contributed by atoms with van der Waals surface area (Å²) in [6, 6.07) is 5.41. The molecular weight excluding hydrogens is 307 g/mol. The first-order chi connectivity index (χ1) is 8.95. The Balaban J connectivity index is 2.63. The molecule has 1 aromatic carbocycles. The van der Waals surface area contributed by atoms with Crippen molar-refractivity contribution in [2.75, 3.05) is 5.32 Å². The number of nitrogens with zero attached hydrogens (tertiary/aromatic N) is 1. The highest BCUT2D eigenvalue weighted by Crippen LogP contribution is 2.27. The van der Waals surface area contributed by atoms with Crippen molar-refractivity contribution in [1.82, 2.24) is 0 Å². The first-order valence-electron chi connectivity index (χ1n) is 6.60. The standard InChI is InChI=1S/C15H20BrFN2/c1-10(2)5-4-6-11(3)19-13-8-7-12(9-18)14(16)15(13)17/h7-8,10-11,19H,4-6H2,1-3H3. The Labute approximate surface area is 123 Å². The fourth-order valence-electron chi connectivity index (χ4n) is 1.92. The molecule has 1 atom stereocenters. The lowest BCUT2D eigenvalue weighted by atomic mass is 10.0. The predicted octanol–water partition coefficient (Wildman–Crippen LogP) is 5.09. The summed E-state index contributed by atoms with van der Waals surface area (Å²) < 4.78 is 14.2. The van der Waals surface area contributed by atoms with Gasteiger partial charge in [-0.25, -0.2) is 4.39 Å². The van der Waals surface area contributed by atoms with Crippen molar-refractivity contribution >= 4 is 21.6 Å². The molecule has 0 aromatic heterocycles. The molecule has 1 aromatic rings. The lowest BCUT2D eigenvalue weighted by molar-refractivity contribution is 0.519. The molecule has 1 N–H and O–H groups in total. The number of hydrogen-bond donors (Lipinski definition) is 1. The second-order valence-electron chi connectivity index (χ2n) is 5.27. The highest BCUT2D eigenvalue weighted by molar-refractivity contribution is 9.10. The van der Waals surface area contributed by atoms with Crippen molar-refractivity contribution in [1.29, 1.82) is 5.26 Å². The van der Waals surface area contributed by atoms with Gasteiger partial charge in [-0.2, -0.15) is 5.26 Å². The van der Waals surface area contributed by atoms with Gasteiger partial charge in [-0.15, -0.1) is 0 Å². The topological polar surface area (TPSA) is 35.8 Å². The van der Waals surface area contributed by atoms with Gasteiger partial charge in [0.1, 0.15) is 6.07 Å². The third kappa shape index (κ3) is 4.83. The molecule has 0 aliphatic carbocycles. The molecule has 19 heavy (non-hydrogen) atoms. The first-order valence-corrected chi connectivity index (χ1v) is 7.39. The summed E-state index contributed by atoms with van der Waals surface area (Å²) >= 11 is 3.12. The molecule has 2 nitrogen and oxygen atoms in total. The van der Waals surface area contributed by atoms with Crippen LogP contribution >= 0.6 is 15.9 Å². The van der Waals surface area contributed by atoms with Crippen LogP contribution in [0.2, 0.25) is 0 Å². The van der Waals surface area contributed by atoms with Crippen LogP contribution in [0.5, 0.6) is 0 Å². The second kappa shape index (κ2) is 7.49. The Morgan fingerprint density at radius 3 is 2.58 bits per heavy atom. The van der Waals surface area contributed by atoms with E-state index in [1.165, 1.54) is 6.42 Å². The molecule has 0 heterocycles. The Hall–Kier alpha value is -1.08. The minimum Gasteiger partial charge on any atom is -0.380 e. The average Bonchev–Trinajstić information content (AvgIpc) is 2.35. The van der Waals surface area contributed by atoms with Crippen LogP contribution in [0.25, 0.3) is 0 Å². The zero-order chi connectivity index (χ0) is 14.4. The largest absolute Gasteiger partial charge is 0.380 e. The highest BCUT2D eigenvalue weighted by Gasteiger charge is 2.12. The van der Waals surface area contributed by atoms with Crippen LogP contribution in [0.4, 0.5) is 10.1 Å². The Bertz CT molecular complexity index is 466. The second-order valence-corrected chi connectivity index (χ2v) is 6.06. The first kappa shape index (κ1) is 16.0. The van der Waals surface area contributed by atoms with Crippen molar-refractivity contribution in [3.63, 3.8) is 0 Å². The van der Waals surface area contributed by atoms with Gasteiger partial charge in [-0.1, -0.05) is 26.7 Å². The van der Waals surface area contributed by atoms with Gasteiger partial charge in [0.05, 0.1) is 15.7 Å². The van der Waals surface area contributed by atoms with Gasteiger partial charge < -0.3 is 5.32 Å². The van der Waals surface area contributed by atoms with Gasteiger partial charge in [0, 0.05) is 6.04 Å². The predicted molar refractivity (Wildman–Crippen MR) is 80.6 cm³/mol. The van der Waals surface area contributed by atoms with E-state index in [1.54, 1.807) is 12.1 Å². The van der Waals surface area contributed by atoms with Gasteiger partial charge in [0.2, 0.25) is 0 Å². The molecule has 0 aliphatic rings. The molecule has 104 valence electrons. The van der Waals surface area contributed by atoms with E-state index in [0.717, 1.165) is 12.8 Å². The Morgan fingerprint density at radius 1 is 1.32 bits per heavy atom. The zero-order valence-electron chi connectivity index (χ0n) is 11.6. The molecule has 0 radical (unpaired) electrons. The van der Waals surface area contributed by atoms with Crippen LogP contribution in [-0.4, -0.2) is 6.04 Å². The Kier molecular flexibility index (Phi) is 6.30. The van der Waals surface area contributed by atoms with Gasteiger partial charge in [0.15, 0.2) is 5.82 Å². The minimum absolute atomic E-state index is 0.216. The van der Waals surface area contributed by atoms with Crippen LogP contribution in [0.1, 0.15) is 45.6 Å². The fraction of sp³-hybridized carbons (Fsp3) is 0.533. The van der Waals surface area contributed by atoms with Crippen molar-refractivity contribution in [2.24, 2.45) is 5.92 Å². The number of benzene rings is 1. The smallest absolute Gasteiger partial charge is 0.161 e. The van der Waals surface area contributed by atoms with Crippen molar-refractivity contribution < 1.29 is 4.39 Å². The summed E-state index contributed by atoms with van der Waals surface area (Å²) in [7, 11) is 0. The van der Waals surface area contributed by atoms with Crippen LogP contribution < -0.4 is 5.32 Å². The maximum absolute atomic E-state index is 14.0. The van der Waals surface area contributed by atoms with Gasteiger partial charge in [-0.3, -0.25) is 0 Å². The van der Waals surface area contributed by atoms with E-state index in [4.69, 9.17) is 5.26 Å². The number of nitriles is 1. The van der Waals surface area contributed by atoms with Gasteiger partial charge in [-0.05, 0) is 47.3 Å². The molecule has 0 amide bonds. The third-order valence-corrected chi connectivity index (χ3v) is 3.80. The quantitative estimate of drug-likeness (QED) is 0.790. The Morgan fingerprint density at radius 2 is 2.00 bits per heavy atom. The highest BCUT2D eigenvalue weighted by atomic mass is 79.9. The van der Waals surface area contributed by atoms with E-state index in [-0.39, 0.29) is 10.5 Å². The minimum atomic E-state index is -0.394. The molecule has 0 saturated carbocycles. The fourth-order valence-corrected chi connectivity index (χ4v) is 2.35. The molecule has 0 fully saturated rings. The van der Waals surface area contributed by atoms with E-state index in [1.807, 2.05) is 13.0 Å². The van der Waals surface area contributed by atoms with Crippen molar-refractivity contribution in [2.45, 2.75) is 46.1 Å². The molecule has 1 rings (SSSR count). The molecule has 0 aliphatic heterocycles. The van der Waals surface area contributed by atoms with E-state index >= 15 is 0 Å². The maximum atomic E-state index is 14.0. The normalized spacial score (nSPS) is 12.3. The molecule has 0 spiro atoms. The van der Waals surface area contributed by atoms with E-state index in [0.29, 0.717) is 17.2 Å². The van der Waals surface area contributed by atoms with Gasteiger partial charge >= 0.3 is 0 Å². The van der Waals surface area contributed by atoms with Crippen LogP contribution in [0, 0.1) is 23.1 Å². The molecule has 4 heteroatoms. The van der Waals surface area contributed by atoms with Crippen LogP contribution in [0.15, 0.2) is 16.6 Å². The number of hydrogen-bond acceptors (Lipinski definition) is 2. The molecule has 0 bridgehead atoms. The number of nitrogens with one attached hydrogen (secondary N) is 1. The van der Waals surface area contributed by atoms with Crippen molar-refractivity contribution in [3.8, 4) is 6.07 Å². The summed E-state index contributed by atoms with van der Waals surface area (Å²) in [5.74, 6) is 0.308. The molecular formula is C15H20BrFN2. The van der Waals surface area contributed by atoms with Crippen LogP contribution in [-0.2, 0) is 0 Å². The number of halogens is 2. The third-order valence-electron chi connectivity index (χ3n) is 3.02. The van der Waals surface area contributed by atoms with Crippen LogP contribution in [0.3, 0.4) is 0 Å². The number of rotatable bonds is 6. The van der Waals surface area contributed by atoms with Gasteiger partial charge in [0.25, 0.3) is 0 Å². The van der Waals surface area contributed by atoms with E-state index < -0.39 is 5.82 Å². The summed E-state index contributed by atoms with van der Waals surface area (Å²) in [6.45, 7) is 6.46. The zero-order valence-corrected chi connectivity index (χ0v) is 13.2. The number of anilines is 1. The van der Waals surface area contributed by atoms with E-state index in [2.05, 4.69) is 35.1 Å². The van der Waals surface area contributed by atoms with Crippen molar-refractivity contribution in [3.05, 3.63) is 28.0 Å². The molecule has 0 saturated heterocycles. The lowest BCUT2D eigenvalue weighted by Gasteiger charge is -2.17. The monoisotopic (exact) mass is 326 g/mol. The molecule has 1 unspecified atom stereocenters. The SMILES string of the molecule is CC(C)CCCC(C)Nc1ccc(C#N)c(Br)c1F. The summed E-state index contributed by atoms with van der Waals surface area (Å²) in [5, 5.41) is 12.0. The summed E-state index contributed by atoms with van der Waals surface area (Å²) in [6.07, 6.45) is 3.33. The maximum Gasteiger partial charge on any atom is 0.161 e. The summed E-state index contributed by atoms with van der Waals surface area (Å²) in [5.41, 5.74) is 0.762. The average molecular weight is 327 g/mol. The lowest BCUT2D eigenvalue weighted by Crippen LogP contribution is -2.16.